The first-order valence-corrected chi connectivity index (χ1v) is 10.4. The van der Waals surface area contributed by atoms with E-state index >= 15 is 0 Å². The summed E-state index contributed by atoms with van der Waals surface area (Å²) in [6.07, 6.45) is 14.2. The van der Waals surface area contributed by atoms with Gasteiger partial charge in [-0.05, 0) is 37.5 Å². The van der Waals surface area contributed by atoms with Crippen LogP contribution < -0.4 is 5.32 Å². The standard InChI is InChI=1S/C19H26N4OS/c20-12-22-15-8-16(9-15)23-11-13(7-19(23)24)6-18-21-10-17(25-18)14-4-2-1-3-5-14/h10,13-16,22H,1-9,11H2/t13-,15?,16?/m0/s1. The predicted molar refractivity (Wildman–Crippen MR) is 97.0 cm³/mol. The highest BCUT2D eigenvalue weighted by molar-refractivity contribution is 7.11. The minimum atomic E-state index is 0.263. The summed E-state index contributed by atoms with van der Waals surface area (Å²) in [4.78, 5) is 20.5. The fourth-order valence-corrected chi connectivity index (χ4v) is 5.80. The van der Waals surface area contributed by atoms with Crippen molar-refractivity contribution in [3.63, 3.8) is 0 Å². The molecule has 25 heavy (non-hydrogen) atoms. The molecule has 5 nitrogen and oxygen atoms in total. The van der Waals surface area contributed by atoms with E-state index in [0.29, 0.717) is 18.4 Å². The number of amides is 1. The quantitative estimate of drug-likeness (QED) is 0.648. The number of nitrogens with zero attached hydrogens (tertiary/aromatic N) is 3. The molecule has 1 atom stereocenters. The highest BCUT2D eigenvalue weighted by Gasteiger charge is 2.41. The molecule has 2 saturated carbocycles. The lowest BCUT2D eigenvalue weighted by atomic mass is 9.86. The molecule has 6 heteroatoms. The first-order valence-electron chi connectivity index (χ1n) is 9.61. The topological polar surface area (TPSA) is 69.0 Å². The van der Waals surface area contributed by atoms with Crippen molar-refractivity contribution in [3.05, 3.63) is 16.1 Å². The maximum absolute atomic E-state index is 12.3. The Kier molecular flexibility index (Phi) is 4.93. The van der Waals surface area contributed by atoms with E-state index in [0.717, 1.165) is 31.7 Å². The van der Waals surface area contributed by atoms with Gasteiger partial charge < -0.3 is 10.2 Å². The molecular weight excluding hydrogens is 332 g/mol. The second-order valence-electron chi connectivity index (χ2n) is 7.89. The number of thiazole rings is 1. The summed E-state index contributed by atoms with van der Waals surface area (Å²) in [5.41, 5.74) is 0. The van der Waals surface area contributed by atoms with Gasteiger partial charge in [0.15, 0.2) is 6.19 Å². The van der Waals surface area contributed by atoms with Gasteiger partial charge in [-0.3, -0.25) is 4.79 Å². The van der Waals surface area contributed by atoms with Crippen molar-refractivity contribution in [2.75, 3.05) is 6.54 Å². The highest BCUT2D eigenvalue weighted by Crippen LogP contribution is 2.37. The second kappa shape index (κ2) is 7.33. The van der Waals surface area contributed by atoms with Gasteiger partial charge in [0.25, 0.3) is 0 Å². The second-order valence-corrected chi connectivity index (χ2v) is 9.04. The maximum atomic E-state index is 12.3. The van der Waals surface area contributed by atoms with E-state index in [9.17, 15) is 4.79 Å². The number of aromatic nitrogens is 1. The van der Waals surface area contributed by atoms with Crippen LogP contribution in [0.1, 0.15) is 67.2 Å². The molecule has 134 valence electrons. The largest absolute Gasteiger partial charge is 0.339 e. The van der Waals surface area contributed by atoms with Crippen molar-refractivity contribution in [2.24, 2.45) is 5.92 Å². The fraction of sp³-hybridized carbons (Fsp3) is 0.737. The van der Waals surface area contributed by atoms with E-state index in [2.05, 4.69) is 21.4 Å². The van der Waals surface area contributed by atoms with Gasteiger partial charge in [-0.15, -0.1) is 11.3 Å². The molecule has 0 radical (unpaired) electrons. The molecule has 1 amide bonds. The summed E-state index contributed by atoms with van der Waals surface area (Å²) in [5.74, 6) is 1.41. The molecule has 0 unspecified atom stereocenters. The summed E-state index contributed by atoms with van der Waals surface area (Å²) >= 11 is 1.88. The number of rotatable bonds is 5. The summed E-state index contributed by atoms with van der Waals surface area (Å²) in [7, 11) is 0. The summed E-state index contributed by atoms with van der Waals surface area (Å²) in [6.45, 7) is 0.862. The Hall–Kier alpha value is -1.61. The van der Waals surface area contributed by atoms with Crippen molar-refractivity contribution < 1.29 is 4.79 Å². The minimum Gasteiger partial charge on any atom is -0.339 e. The van der Waals surface area contributed by atoms with Crippen molar-refractivity contribution in [1.82, 2.24) is 15.2 Å². The van der Waals surface area contributed by atoms with Crippen LogP contribution in [0.5, 0.6) is 0 Å². The fourth-order valence-electron chi connectivity index (χ4n) is 4.59. The lowest BCUT2D eigenvalue weighted by molar-refractivity contribution is -0.131. The number of carbonyl (C=O) groups is 1. The maximum Gasteiger partial charge on any atom is 0.223 e. The highest BCUT2D eigenvalue weighted by atomic mass is 32.1. The third kappa shape index (κ3) is 3.67. The molecule has 1 saturated heterocycles. The Morgan fingerprint density at radius 3 is 2.88 bits per heavy atom. The molecule has 1 aliphatic heterocycles. The van der Waals surface area contributed by atoms with Gasteiger partial charge in [0.1, 0.15) is 0 Å². The zero-order valence-corrected chi connectivity index (χ0v) is 15.4. The molecule has 3 aliphatic rings. The zero-order chi connectivity index (χ0) is 17.2. The Labute approximate surface area is 153 Å². The number of likely N-dealkylation sites (tertiary alicyclic amines) is 1. The van der Waals surface area contributed by atoms with Crippen LogP contribution in [-0.4, -0.2) is 34.4 Å². The molecule has 4 rings (SSSR count). The van der Waals surface area contributed by atoms with E-state index in [4.69, 9.17) is 5.26 Å². The van der Waals surface area contributed by atoms with Gasteiger partial charge in [-0.1, -0.05) is 19.3 Å². The van der Waals surface area contributed by atoms with E-state index in [1.165, 1.54) is 42.0 Å². The van der Waals surface area contributed by atoms with Crippen LogP contribution in [0.4, 0.5) is 0 Å². The molecule has 0 aromatic carbocycles. The average molecular weight is 359 g/mol. The number of hydrogen-bond acceptors (Lipinski definition) is 5. The van der Waals surface area contributed by atoms with Crippen molar-refractivity contribution in [1.29, 1.82) is 5.26 Å². The monoisotopic (exact) mass is 358 g/mol. The van der Waals surface area contributed by atoms with Gasteiger partial charge in [0, 0.05) is 42.5 Å². The molecule has 0 bridgehead atoms. The van der Waals surface area contributed by atoms with Crippen molar-refractivity contribution in [3.8, 4) is 6.19 Å². The summed E-state index contributed by atoms with van der Waals surface area (Å²) in [5, 5.41) is 12.7. The minimum absolute atomic E-state index is 0.263. The van der Waals surface area contributed by atoms with Crippen LogP contribution in [0.2, 0.25) is 0 Å². The molecule has 2 heterocycles. The van der Waals surface area contributed by atoms with Gasteiger partial charge in [-0.2, -0.15) is 5.26 Å². The van der Waals surface area contributed by atoms with Crippen molar-refractivity contribution in [2.45, 2.75) is 75.8 Å². The molecule has 1 aromatic heterocycles. The number of hydrogen-bond donors (Lipinski definition) is 1. The Bertz CT molecular complexity index is 655. The number of nitrogens with one attached hydrogen (secondary N) is 1. The van der Waals surface area contributed by atoms with Crippen LogP contribution in [0.25, 0.3) is 0 Å². The van der Waals surface area contributed by atoms with Gasteiger partial charge >= 0.3 is 0 Å². The molecule has 0 spiro atoms. The lowest BCUT2D eigenvalue weighted by Crippen LogP contribution is -2.52. The van der Waals surface area contributed by atoms with E-state index in [1.807, 2.05) is 17.5 Å². The molecule has 1 N–H and O–H groups in total. The molecule has 3 fully saturated rings. The van der Waals surface area contributed by atoms with Crippen LogP contribution in [0, 0.1) is 17.4 Å². The average Bonchev–Trinajstić information content (AvgIpc) is 3.19. The molecule has 1 aromatic rings. The molecule has 2 aliphatic carbocycles. The molecular formula is C19H26N4OS. The smallest absolute Gasteiger partial charge is 0.223 e. The number of nitriles is 1. The SMILES string of the molecule is N#CNC1CC(N2C[C@@H](Cc3ncc(C4CCCCC4)s3)CC2=O)C1. The Morgan fingerprint density at radius 2 is 2.12 bits per heavy atom. The zero-order valence-electron chi connectivity index (χ0n) is 14.6. The van der Waals surface area contributed by atoms with E-state index < -0.39 is 0 Å². The predicted octanol–water partition coefficient (Wildman–Crippen LogP) is 3.18. The van der Waals surface area contributed by atoms with E-state index in [-0.39, 0.29) is 11.9 Å². The first kappa shape index (κ1) is 16.8. The van der Waals surface area contributed by atoms with Gasteiger partial charge in [0.05, 0.1) is 5.01 Å². The Balaban J connectivity index is 1.30. The van der Waals surface area contributed by atoms with Crippen molar-refractivity contribution >= 4 is 17.2 Å². The summed E-state index contributed by atoms with van der Waals surface area (Å²) in [6, 6.07) is 0.594. The van der Waals surface area contributed by atoms with Crippen LogP contribution in [-0.2, 0) is 11.2 Å². The lowest BCUT2D eigenvalue weighted by Gasteiger charge is -2.40. The third-order valence-electron chi connectivity index (χ3n) is 6.10. The Morgan fingerprint density at radius 1 is 1.32 bits per heavy atom. The van der Waals surface area contributed by atoms with Gasteiger partial charge in [0.2, 0.25) is 5.91 Å². The summed E-state index contributed by atoms with van der Waals surface area (Å²) < 4.78 is 0. The van der Waals surface area contributed by atoms with Crippen LogP contribution in [0.3, 0.4) is 0 Å². The van der Waals surface area contributed by atoms with Crippen LogP contribution >= 0.6 is 11.3 Å². The normalized spacial score (nSPS) is 30.1. The number of carbonyl (C=O) groups excluding carboxylic acids is 1. The van der Waals surface area contributed by atoms with Crippen LogP contribution in [0.15, 0.2) is 6.20 Å². The van der Waals surface area contributed by atoms with Gasteiger partial charge in [-0.25, -0.2) is 4.98 Å². The first-order chi connectivity index (χ1) is 12.2. The third-order valence-corrected chi connectivity index (χ3v) is 7.29. The van der Waals surface area contributed by atoms with E-state index in [1.54, 1.807) is 0 Å².